The first-order chi connectivity index (χ1) is 20.6. The van der Waals surface area contributed by atoms with Crippen molar-refractivity contribution in [3.05, 3.63) is 132 Å². The molecule has 212 valence electrons. The van der Waals surface area contributed by atoms with Gasteiger partial charge in [-0.05, 0) is 55.3 Å². The van der Waals surface area contributed by atoms with Crippen LogP contribution in [-0.2, 0) is 10.8 Å². The largest absolute Gasteiger partial charge is 0.228 e. The third-order valence-corrected chi connectivity index (χ3v) is 10.8. The van der Waals surface area contributed by atoms with Gasteiger partial charge in [0, 0.05) is 16.7 Å². The van der Waals surface area contributed by atoms with Crippen molar-refractivity contribution in [3.8, 4) is 45.0 Å². The Bertz CT molecular complexity index is 1910. The summed E-state index contributed by atoms with van der Waals surface area (Å²) in [6, 6.07) is 43.1. The molecule has 1 aliphatic carbocycles. The fourth-order valence-corrected chi connectivity index (χ4v) is 7.10. The van der Waals surface area contributed by atoms with E-state index in [-0.39, 0.29) is 16.2 Å². The summed E-state index contributed by atoms with van der Waals surface area (Å²) in [6.07, 6.45) is 0. The van der Waals surface area contributed by atoms with Crippen molar-refractivity contribution in [3.63, 3.8) is 0 Å². The zero-order chi connectivity index (χ0) is 30.0. The lowest BCUT2D eigenvalue weighted by molar-refractivity contribution is 0.125. The summed E-state index contributed by atoms with van der Waals surface area (Å²) in [5.41, 5.74) is 10.6. The average molecular weight is 559 g/mol. The van der Waals surface area contributed by atoms with E-state index in [9.17, 15) is 0 Å². The minimum absolute atomic E-state index is 0.0123. The second kappa shape index (κ2) is 9.74. The van der Waals surface area contributed by atoms with Crippen LogP contribution in [0.5, 0.6) is 0 Å². The van der Waals surface area contributed by atoms with Crippen LogP contribution in [0.25, 0.3) is 55.8 Å². The molecule has 43 heavy (non-hydrogen) atoms. The molecule has 0 amide bonds. The highest BCUT2D eigenvalue weighted by Gasteiger charge is 2.57. The van der Waals surface area contributed by atoms with Crippen LogP contribution >= 0.6 is 0 Å². The molecule has 0 atom stereocenters. The maximum Gasteiger partial charge on any atom is 0.160 e. The zero-order valence-corrected chi connectivity index (χ0v) is 25.9. The fraction of sp³-hybridized carbons (Fsp3) is 0.220. The molecule has 0 N–H and O–H groups in total. The summed E-state index contributed by atoms with van der Waals surface area (Å²) in [4.78, 5) is 10.1. The number of rotatable bonds is 4. The normalized spacial score (nSPS) is 16.2. The Balaban J connectivity index is 1.41. The Labute approximate surface area is 255 Å². The number of nitrogens with zero attached hydrogens (tertiary/aromatic N) is 2. The van der Waals surface area contributed by atoms with Crippen LogP contribution < -0.4 is 0 Å². The SMILES string of the molecule is CC1(C)c2cc3ccccc3c(-c3ccc(-c4nc(-c5ccccc5)cc(-c5ccccc5)n4)cc3)c2C(C)(C)C1(C)C. The molecule has 5 aromatic carbocycles. The summed E-state index contributed by atoms with van der Waals surface area (Å²) >= 11 is 0. The van der Waals surface area contributed by atoms with Gasteiger partial charge in [0.2, 0.25) is 0 Å². The Kier molecular flexibility index (Phi) is 6.18. The van der Waals surface area contributed by atoms with Gasteiger partial charge in [0.1, 0.15) is 0 Å². The fourth-order valence-electron chi connectivity index (χ4n) is 7.10. The molecule has 0 fully saturated rings. The van der Waals surface area contributed by atoms with Crippen LogP contribution in [0, 0.1) is 5.41 Å². The first kappa shape index (κ1) is 27.3. The molecule has 6 aromatic rings. The number of benzene rings is 5. The molecule has 2 nitrogen and oxygen atoms in total. The molecular formula is C41H38N2. The second-order valence-corrected chi connectivity index (χ2v) is 13.5. The van der Waals surface area contributed by atoms with Gasteiger partial charge in [-0.2, -0.15) is 0 Å². The molecule has 2 heteroatoms. The predicted octanol–water partition coefficient (Wildman–Crippen LogP) is 10.9. The molecule has 0 spiro atoms. The van der Waals surface area contributed by atoms with E-state index in [2.05, 4.69) is 151 Å². The first-order valence-electron chi connectivity index (χ1n) is 15.3. The van der Waals surface area contributed by atoms with Crippen LogP contribution in [0.1, 0.15) is 52.7 Å². The number of hydrogen-bond donors (Lipinski definition) is 0. The summed E-state index contributed by atoms with van der Waals surface area (Å²) in [5.74, 6) is 0.734. The van der Waals surface area contributed by atoms with Crippen molar-refractivity contribution in [2.24, 2.45) is 5.41 Å². The van der Waals surface area contributed by atoms with E-state index in [0.29, 0.717) is 0 Å². The number of hydrogen-bond acceptors (Lipinski definition) is 2. The van der Waals surface area contributed by atoms with Gasteiger partial charge in [0.25, 0.3) is 0 Å². The lowest BCUT2D eigenvalue weighted by atomic mass is 9.59. The van der Waals surface area contributed by atoms with Gasteiger partial charge < -0.3 is 0 Å². The molecule has 0 radical (unpaired) electrons. The first-order valence-corrected chi connectivity index (χ1v) is 15.3. The molecule has 1 aromatic heterocycles. The van der Waals surface area contributed by atoms with E-state index >= 15 is 0 Å². The van der Waals surface area contributed by atoms with Gasteiger partial charge in [-0.1, -0.05) is 157 Å². The van der Waals surface area contributed by atoms with Crippen molar-refractivity contribution in [1.82, 2.24) is 9.97 Å². The van der Waals surface area contributed by atoms with E-state index < -0.39 is 0 Å². The molecule has 0 aliphatic heterocycles. The van der Waals surface area contributed by atoms with E-state index in [1.54, 1.807) is 0 Å². The highest BCUT2D eigenvalue weighted by molar-refractivity contribution is 6.01. The Morgan fingerprint density at radius 1 is 0.465 bits per heavy atom. The van der Waals surface area contributed by atoms with E-state index in [1.807, 2.05) is 12.1 Å². The van der Waals surface area contributed by atoms with Gasteiger partial charge in [-0.25, -0.2) is 9.97 Å². The van der Waals surface area contributed by atoms with Crippen LogP contribution in [0.4, 0.5) is 0 Å². The van der Waals surface area contributed by atoms with Crippen LogP contribution in [0.2, 0.25) is 0 Å². The molecule has 0 saturated heterocycles. The van der Waals surface area contributed by atoms with Gasteiger partial charge >= 0.3 is 0 Å². The average Bonchev–Trinajstić information content (AvgIpc) is 3.14. The monoisotopic (exact) mass is 558 g/mol. The van der Waals surface area contributed by atoms with E-state index in [0.717, 1.165) is 33.9 Å². The van der Waals surface area contributed by atoms with Crippen LogP contribution in [0.15, 0.2) is 121 Å². The quantitative estimate of drug-likeness (QED) is 0.215. The van der Waals surface area contributed by atoms with Crippen molar-refractivity contribution in [2.45, 2.75) is 52.4 Å². The summed E-state index contributed by atoms with van der Waals surface area (Å²) in [5, 5.41) is 2.61. The van der Waals surface area contributed by atoms with Gasteiger partial charge in [0.05, 0.1) is 11.4 Å². The third-order valence-electron chi connectivity index (χ3n) is 10.8. The van der Waals surface area contributed by atoms with Crippen molar-refractivity contribution < 1.29 is 0 Å². The topological polar surface area (TPSA) is 25.8 Å². The van der Waals surface area contributed by atoms with Gasteiger partial charge in [0.15, 0.2) is 5.82 Å². The molecular weight excluding hydrogens is 520 g/mol. The minimum atomic E-state index is -0.0123. The maximum absolute atomic E-state index is 5.06. The van der Waals surface area contributed by atoms with Crippen molar-refractivity contribution in [2.75, 3.05) is 0 Å². The predicted molar refractivity (Wildman–Crippen MR) is 181 cm³/mol. The second-order valence-electron chi connectivity index (χ2n) is 13.5. The molecule has 1 aliphatic rings. The van der Waals surface area contributed by atoms with E-state index in [1.165, 1.54) is 33.0 Å². The van der Waals surface area contributed by atoms with Crippen LogP contribution in [-0.4, -0.2) is 9.97 Å². The third kappa shape index (κ3) is 4.15. The molecule has 7 rings (SSSR count). The number of aromatic nitrogens is 2. The highest BCUT2D eigenvalue weighted by Crippen LogP contribution is 2.64. The van der Waals surface area contributed by atoms with Gasteiger partial charge in [-0.15, -0.1) is 0 Å². The Hall–Kier alpha value is -4.56. The highest BCUT2D eigenvalue weighted by atomic mass is 14.9. The smallest absolute Gasteiger partial charge is 0.160 e. The zero-order valence-electron chi connectivity index (χ0n) is 25.9. The molecule has 0 unspecified atom stereocenters. The number of fused-ring (bicyclic) bond motifs is 2. The maximum atomic E-state index is 5.06. The summed E-state index contributed by atoms with van der Waals surface area (Å²) in [7, 11) is 0. The van der Waals surface area contributed by atoms with Crippen molar-refractivity contribution in [1.29, 1.82) is 0 Å². The van der Waals surface area contributed by atoms with Crippen molar-refractivity contribution >= 4 is 10.8 Å². The van der Waals surface area contributed by atoms with Gasteiger partial charge in [-0.3, -0.25) is 0 Å². The standard InChI is InChI=1S/C41H38N2/c1-39(2)33-25-31-19-13-14-20-32(31)36(37(33)40(3,4)41(39,5)6)29-21-23-30(24-22-29)38-42-34(27-15-9-7-10-16-27)26-35(43-38)28-17-11-8-12-18-28/h7-26H,1-6H3. The molecule has 1 heterocycles. The Morgan fingerprint density at radius 3 is 1.56 bits per heavy atom. The minimum Gasteiger partial charge on any atom is -0.228 e. The molecule has 0 bridgehead atoms. The lowest BCUT2D eigenvalue weighted by Gasteiger charge is -2.44. The lowest BCUT2D eigenvalue weighted by Crippen LogP contribution is -2.42. The Morgan fingerprint density at radius 2 is 0.977 bits per heavy atom. The summed E-state index contributed by atoms with van der Waals surface area (Å²) < 4.78 is 0. The summed E-state index contributed by atoms with van der Waals surface area (Å²) in [6.45, 7) is 14.6. The van der Waals surface area contributed by atoms with Crippen LogP contribution in [0.3, 0.4) is 0 Å². The molecule has 0 saturated carbocycles. The van der Waals surface area contributed by atoms with E-state index in [4.69, 9.17) is 9.97 Å².